The molecule has 0 aliphatic heterocycles. The molecule has 0 unspecified atom stereocenters. The Bertz CT molecular complexity index is 51.0. The number of nitrogens with two attached hydrogens (primary N) is 1. The molecule has 0 fully saturated rings. The Morgan fingerprint density at radius 3 is 1.86 bits per heavy atom. The fourth-order valence-corrected chi connectivity index (χ4v) is 0. The van der Waals surface area contributed by atoms with Crippen molar-refractivity contribution in [2.45, 2.75) is 0 Å². The Morgan fingerprint density at radius 1 is 1.71 bits per heavy atom. The monoisotopic (exact) mass is 163 g/mol. The van der Waals surface area contributed by atoms with E-state index in [1.165, 1.54) is 0 Å². The van der Waals surface area contributed by atoms with E-state index in [9.17, 15) is 4.79 Å². The molecular formula is C2H6ClCrNO2. The standard InChI is InChI=1S/C2H5NO2.ClH.Cr/c3-1-2(4)5;;/h1,3H2,(H,4,5);1H;. The zero-order valence-electron chi connectivity index (χ0n) is 3.46. The Labute approximate surface area is 58.4 Å². The molecule has 0 rings (SSSR count). The molecule has 0 radical (unpaired) electrons. The van der Waals surface area contributed by atoms with Gasteiger partial charge in [0.25, 0.3) is 0 Å². The molecule has 0 aromatic carbocycles. The molecule has 3 N–H and O–H groups in total. The molecule has 0 atom stereocenters. The molecule has 5 heteroatoms. The second-order valence-electron chi connectivity index (χ2n) is 0.598. The number of halogens is 1. The van der Waals surface area contributed by atoms with Crippen LogP contribution in [-0.4, -0.2) is 17.6 Å². The Morgan fingerprint density at radius 2 is 1.86 bits per heavy atom. The smallest absolute Gasteiger partial charge is 0.317 e. The van der Waals surface area contributed by atoms with Crippen LogP contribution >= 0.6 is 12.4 Å². The van der Waals surface area contributed by atoms with E-state index in [-0.39, 0.29) is 36.3 Å². The van der Waals surface area contributed by atoms with Crippen molar-refractivity contribution in [3.63, 3.8) is 0 Å². The molecule has 0 aliphatic rings. The second-order valence-corrected chi connectivity index (χ2v) is 0.598. The number of carbonyl (C=O) groups is 1. The van der Waals surface area contributed by atoms with Gasteiger partial charge in [0, 0.05) is 17.4 Å². The molecule has 44 valence electrons. The van der Waals surface area contributed by atoms with Crippen molar-refractivity contribution in [2.24, 2.45) is 5.73 Å². The van der Waals surface area contributed by atoms with Crippen LogP contribution < -0.4 is 5.73 Å². The van der Waals surface area contributed by atoms with Crippen molar-refractivity contribution in [1.29, 1.82) is 0 Å². The summed E-state index contributed by atoms with van der Waals surface area (Å²) in [5.74, 6) is -0.968. The molecule has 0 spiro atoms. The summed E-state index contributed by atoms with van der Waals surface area (Å²) in [5.41, 5.74) is 4.57. The van der Waals surface area contributed by atoms with Gasteiger partial charge in [0.2, 0.25) is 0 Å². The second kappa shape index (κ2) is 9.54. The van der Waals surface area contributed by atoms with Crippen LogP contribution in [-0.2, 0) is 22.2 Å². The topological polar surface area (TPSA) is 63.3 Å². The Hall–Kier alpha value is 0.252. The third-order valence-corrected chi connectivity index (χ3v) is 0.175. The van der Waals surface area contributed by atoms with E-state index in [2.05, 4.69) is 5.73 Å². The van der Waals surface area contributed by atoms with E-state index < -0.39 is 5.97 Å². The molecule has 0 saturated carbocycles. The van der Waals surface area contributed by atoms with Gasteiger partial charge in [0.05, 0.1) is 6.54 Å². The van der Waals surface area contributed by atoms with E-state index in [0.29, 0.717) is 0 Å². The summed E-state index contributed by atoms with van der Waals surface area (Å²) in [6.07, 6.45) is 0. The van der Waals surface area contributed by atoms with Crippen LogP contribution in [0.1, 0.15) is 0 Å². The first kappa shape index (κ1) is 15.7. The zero-order valence-corrected chi connectivity index (χ0v) is 5.55. The van der Waals surface area contributed by atoms with Gasteiger partial charge in [-0.1, -0.05) is 0 Å². The zero-order chi connectivity index (χ0) is 4.28. The molecule has 0 heterocycles. The quantitative estimate of drug-likeness (QED) is 0.545. The average molecular weight is 164 g/mol. The first-order valence-corrected chi connectivity index (χ1v) is 1.19. The molecular weight excluding hydrogens is 157 g/mol. The largest absolute Gasteiger partial charge is 0.480 e. The third-order valence-electron chi connectivity index (χ3n) is 0.175. The van der Waals surface area contributed by atoms with Crippen molar-refractivity contribution in [2.75, 3.05) is 6.54 Å². The molecule has 0 aromatic heterocycles. The van der Waals surface area contributed by atoms with Gasteiger partial charge in [0.1, 0.15) is 0 Å². The van der Waals surface area contributed by atoms with Crippen LogP contribution in [0.4, 0.5) is 0 Å². The molecule has 3 nitrogen and oxygen atoms in total. The van der Waals surface area contributed by atoms with Gasteiger partial charge in [-0.25, -0.2) is 0 Å². The van der Waals surface area contributed by atoms with Crippen molar-refractivity contribution < 1.29 is 27.3 Å². The van der Waals surface area contributed by atoms with Gasteiger partial charge in [-0.3, -0.25) is 4.79 Å². The van der Waals surface area contributed by atoms with Crippen LogP contribution in [0.25, 0.3) is 0 Å². The Balaban J connectivity index is -0.0000000800. The molecule has 0 amide bonds. The van der Waals surface area contributed by atoms with E-state index in [1.807, 2.05) is 0 Å². The van der Waals surface area contributed by atoms with Crippen molar-refractivity contribution in [3.05, 3.63) is 0 Å². The van der Waals surface area contributed by atoms with Crippen LogP contribution in [0, 0.1) is 0 Å². The molecule has 7 heavy (non-hydrogen) atoms. The minimum absolute atomic E-state index is 0. The number of hydrogen-bond donors (Lipinski definition) is 2. The first-order chi connectivity index (χ1) is 2.27. The molecule has 0 saturated heterocycles. The fourth-order valence-electron chi connectivity index (χ4n) is 0. The summed E-state index contributed by atoms with van der Waals surface area (Å²) in [5, 5.41) is 7.60. The minimum Gasteiger partial charge on any atom is -0.480 e. The van der Waals surface area contributed by atoms with Gasteiger partial charge in [-0.2, -0.15) is 0 Å². The van der Waals surface area contributed by atoms with Gasteiger partial charge < -0.3 is 10.8 Å². The summed E-state index contributed by atoms with van der Waals surface area (Å²) in [6, 6.07) is 0. The maximum absolute atomic E-state index is 9.24. The minimum atomic E-state index is -0.968. The van der Waals surface area contributed by atoms with E-state index in [4.69, 9.17) is 5.11 Å². The maximum atomic E-state index is 9.24. The van der Waals surface area contributed by atoms with Crippen molar-refractivity contribution >= 4 is 18.4 Å². The SMILES string of the molecule is Cl.NCC(=O)O.[Cr]. The summed E-state index contributed by atoms with van der Waals surface area (Å²) in [7, 11) is 0. The van der Waals surface area contributed by atoms with E-state index in [1.54, 1.807) is 0 Å². The number of rotatable bonds is 1. The molecule has 0 aliphatic carbocycles. The fraction of sp³-hybridized carbons (Fsp3) is 0.500. The van der Waals surface area contributed by atoms with Crippen LogP contribution in [0.5, 0.6) is 0 Å². The van der Waals surface area contributed by atoms with Crippen LogP contribution in [0.15, 0.2) is 0 Å². The van der Waals surface area contributed by atoms with Crippen LogP contribution in [0.2, 0.25) is 0 Å². The van der Waals surface area contributed by atoms with E-state index >= 15 is 0 Å². The molecule has 0 bridgehead atoms. The number of carboxylic acid groups (broad SMARTS) is 1. The summed E-state index contributed by atoms with van der Waals surface area (Å²) in [4.78, 5) is 9.24. The normalized spacial score (nSPS) is 5.29. The first-order valence-electron chi connectivity index (χ1n) is 1.19. The van der Waals surface area contributed by atoms with E-state index in [0.717, 1.165) is 0 Å². The van der Waals surface area contributed by atoms with Crippen molar-refractivity contribution in [1.82, 2.24) is 0 Å². The van der Waals surface area contributed by atoms with Crippen molar-refractivity contribution in [3.8, 4) is 0 Å². The van der Waals surface area contributed by atoms with Crippen LogP contribution in [0.3, 0.4) is 0 Å². The van der Waals surface area contributed by atoms with Gasteiger partial charge in [0.15, 0.2) is 0 Å². The summed E-state index contributed by atoms with van der Waals surface area (Å²) in [6.45, 7) is -0.278. The molecule has 0 aromatic rings. The number of aliphatic carboxylic acids is 1. The predicted octanol–water partition coefficient (Wildman–Crippen LogP) is -0.551. The summed E-state index contributed by atoms with van der Waals surface area (Å²) >= 11 is 0. The average Bonchev–Trinajstić information content (AvgIpc) is 1.38. The van der Waals surface area contributed by atoms with Gasteiger partial charge in [-0.15, -0.1) is 12.4 Å². The third kappa shape index (κ3) is 22.3. The predicted molar refractivity (Wildman–Crippen MR) is 23.9 cm³/mol. The summed E-state index contributed by atoms with van der Waals surface area (Å²) < 4.78 is 0. The number of hydrogen-bond acceptors (Lipinski definition) is 2. The number of carboxylic acids is 1. The Kier molecular flexibility index (Phi) is 21.4. The van der Waals surface area contributed by atoms with Gasteiger partial charge >= 0.3 is 5.97 Å². The van der Waals surface area contributed by atoms with Gasteiger partial charge in [-0.05, 0) is 0 Å². The maximum Gasteiger partial charge on any atom is 0.317 e.